The fourth-order valence-electron chi connectivity index (χ4n) is 6.13. The van der Waals surface area contributed by atoms with Crippen molar-refractivity contribution in [3.05, 3.63) is 24.3 Å². The zero-order valence-corrected chi connectivity index (χ0v) is 30.7. The molecule has 0 heterocycles. The van der Waals surface area contributed by atoms with Gasteiger partial charge in [0.25, 0.3) is 0 Å². The van der Waals surface area contributed by atoms with E-state index in [9.17, 15) is 20.1 Å². The first-order valence-corrected chi connectivity index (χ1v) is 20.1. The predicted octanol–water partition coefficient (Wildman–Crippen LogP) is 11.0. The molecule has 0 radical (unpaired) electrons. The van der Waals surface area contributed by atoms with Gasteiger partial charge in [-0.15, -0.1) is 0 Å². The lowest BCUT2D eigenvalue weighted by Gasteiger charge is -2.26. The maximum Gasteiger partial charge on any atom is 0.220 e. The van der Waals surface area contributed by atoms with Crippen molar-refractivity contribution in [3.8, 4) is 0 Å². The Kier molecular flexibility index (Phi) is 35.7. The number of unbranched alkanes of at least 4 members (excludes halogenated alkanes) is 24. The molecule has 0 aromatic heterocycles. The second-order valence-electron chi connectivity index (χ2n) is 13.8. The van der Waals surface area contributed by atoms with Crippen molar-refractivity contribution in [1.29, 1.82) is 0 Å². The summed E-state index contributed by atoms with van der Waals surface area (Å²) in [6, 6.07) is -0.810. The van der Waals surface area contributed by atoms with E-state index in [1.54, 1.807) is 0 Å². The highest BCUT2D eigenvalue weighted by molar-refractivity contribution is 5.76. The lowest BCUT2D eigenvalue weighted by Crippen LogP contribution is -2.50. The van der Waals surface area contributed by atoms with E-state index >= 15 is 0 Å². The summed E-state index contributed by atoms with van der Waals surface area (Å²) < 4.78 is 0. The molecule has 0 aliphatic carbocycles. The van der Waals surface area contributed by atoms with Crippen LogP contribution in [0.4, 0.5) is 0 Å². The SMILES string of the molecule is CCCCCCCCCCC/C=C\C/C=C\CCCCCCCCCC(=O)NC(CO)C(O)C(O)CCCCCCCCCCC. The summed E-state index contributed by atoms with van der Waals surface area (Å²) in [5.41, 5.74) is 0. The van der Waals surface area contributed by atoms with Crippen LogP contribution in [0.25, 0.3) is 0 Å². The van der Waals surface area contributed by atoms with Gasteiger partial charge >= 0.3 is 0 Å². The highest BCUT2D eigenvalue weighted by Gasteiger charge is 2.26. The number of amides is 1. The van der Waals surface area contributed by atoms with Crippen molar-refractivity contribution in [1.82, 2.24) is 5.32 Å². The molecule has 46 heavy (non-hydrogen) atoms. The smallest absolute Gasteiger partial charge is 0.220 e. The number of nitrogens with one attached hydrogen (secondary N) is 1. The lowest BCUT2D eigenvalue weighted by molar-refractivity contribution is -0.124. The number of aliphatic hydroxyl groups is 3. The van der Waals surface area contributed by atoms with Gasteiger partial charge in [0.1, 0.15) is 6.10 Å². The van der Waals surface area contributed by atoms with Gasteiger partial charge in [-0.1, -0.05) is 179 Å². The van der Waals surface area contributed by atoms with Crippen molar-refractivity contribution < 1.29 is 20.1 Å². The van der Waals surface area contributed by atoms with E-state index in [1.165, 1.54) is 128 Å². The van der Waals surface area contributed by atoms with Gasteiger partial charge in [0.15, 0.2) is 0 Å². The van der Waals surface area contributed by atoms with Gasteiger partial charge in [0.05, 0.1) is 18.8 Å². The average Bonchev–Trinajstić information content (AvgIpc) is 3.06. The van der Waals surface area contributed by atoms with Crippen LogP contribution in [0.5, 0.6) is 0 Å². The van der Waals surface area contributed by atoms with Gasteiger partial charge in [-0.3, -0.25) is 4.79 Å². The van der Waals surface area contributed by atoms with Crippen LogP contribution in [-0.2, 0) is 4.79 Å². The molecule has 1 amide bonds. The Labute approximate surface area is 286 Å². The maximum absolute atomic E-state index is 12.4. The third-order valence-corrected chi connectivity index (χ3v) is 9.31. The molecule has 0 aromatic rings. The molecule has 0 aliphatic rings. The van der Waals surface area contributed by atoms with E-state index in [4.69, 9.17) is 0 Å². The number of carbonyl (C=O) groups is 1. The number of hydrogen-bond acceptors (Lipinski definition) is 4. The molecule has 0 aromatic carbocycles. The van der Waals surface area contributed by atoms with Crippen LogP contribution in [0.1, 0.15) is 206 Å². The minimum atomic E-state index is -1.14. The van der Waals surface area contributed by atoms with Crippen molar-refractivity contribution in [2.75, 3.05) is 6.61 Å². The number of allylic oxidation sites excluding steroid dienone is 4. The van der Waals surface area contributed by atoms with Gasteiger partial charge in [-0.25, -0.2) is 0 Å². The first-order chi connectivity index (χ1) is 22.6. The van der Waals surface area contributed by atoms with Crippen molar-refractivity contribution in [2.45, 2.75) is 225 Å². The number of hydrogen-bond donors (Lipinski definition) is 4. The van der Waals surface area contributed by atoms with Crippen LogP contribution in [-0.4, -0.2) is 46.1 Å². The monoisotopic (exact) mass is 650 g/mol. The molecule has 3 unspecified atom stereocenters. The number of rotatable bonds is 36. The van der Waals surface area contributed by atoms with E-state index in [-0.39, 0.29) is 12.5 Å². The van der Waals surface area contributed by atoms with Crippen LogP contribution in [0.2, 0.25) is 0 Å². The fraction of sp³-hybridized carbons (Fsp3) is 0.878. The van der Waals surface area contributed by atoms with Gasteiger partial charge in [0.2, 0.25) is 5.91 Å². The quantitative estimate of drug-likeness (QED) is 0.0401. The third-order valence-electron chi connectivity index (χ3n) is 9.31. The molecule has 0 saturated heterocycles. The van der Waals surface area contributed by atoms with E-state index in [2.05, 4.69) is 43.5 Å². The van der Waals surface area contributed by atoms with Crippen LogP contribution in [0, 0.1) is 0 Å². The summed E-state index contributed by atoms with van der Waals surface area (Å²) in [5, 5.41) is 33.3. The average molecular weight is 650 g/mol. The Bertz CT molecular complexity index is 679. The second kappa shape index (κ2) is 36.7. The summed E-state index contributed by atoms with van der Waals surface area (Å²) in [6.45, 7) is 4.14. The topological polar surface area (TPSA) is 89.8 Å². The Morgan fingerprint density at radius 2 is 0.935 bits per heavy atom. The largest absolute Gasteiger partial charge is 0.394 e. The molecule has 4 N–H and O–H groups in total. The summed E-state index contributed by atoms with van der Waals surface area (Å²) in [5.74, 6) is -0.154. The Balaban J connectivity index is 3.63. The number of aliphatic hydroxyl groups excluding tert-OH is 3. The van der Waals surface area contributed by atoms with E-state index in [0.29, 0.717) is 12.8 Å². The Hall–Kier alpha value is -1.17. The molecule has 5 nitrogen and oxygen atoms in total. The molecular weight excluding hydrogens is 570 g/mol. The third kappa shape index (κ3) is 31.4. The van der Waals surface area contributed by atoms with Gasteiger partial charge in [0, 0.05) is 6.42 Å². The molecule has 0 aliphatic heterocycles. The standard InChI is InChI=1S/C41H79NO4/c1-3-5-7-9-11-13-14-15-16-17-18-19-20-21-22-23-24-25-26-28-30-32-34-36-40(45)42-38(37-43)41(46)39(44)35-33-31-29-27-12-10-8-6-4-2/h18-19,21-22,38-39,41,43-44,46H,3-17,20,23-37H2,1-2H3,(H,42,45)/b19-18-,22-21-. The van der Waals surface area contributed by atoms with Crippen LogP contribution in [0.15, 0.2) is 24.3 Å². The maximum atomic E-state index is 12.4. The minimum Gasteiger partial charge on any atom is -0.394 e. The van der Waals surface area contributed by atoms with Gasteiger partial charge < -0.3 is 20.6 Å². The first-order valence-electron chi connectivity index (χ1n) is 20.1. The zero-order chi connectivity index (χ0) is 33.8. The second-order valence-corrected chi connectivity index (χ2v) is 13.8. The normalized spacial score (nSPS) is 13.9. The molecule has 272 valence electrons. The molecule has 3 atom stereocenters. The van der Waals surface area contributed by atoms with Crippen molar-refractivity contribution in [2.24, 2.45) is 0 Å². The van der Waals surface area contributed by atoms with Crippen molar-refractivity contribution >= 4 is 5.91 Å². The van der Waals surface area contributed by atoms with E-state index in [1.807, 2.05) is 0 Å². The van der Waals surface area contributed by atoms with Crippen LogP contribution < -0.4 is 5.32 Å². The zero-order valence-electron chi connectivity index (χ0n) is 30.7. The molecular formula is C41H79NO4. The molecule has 0 spiro atoms. The van der Waals surface area contributed by atoms with Gasteiger partial charge in [-0.2, -0.15) is 0 Å². The molecule has 0 bridgehead atoms. The summed E-state index contributed by atoms with van der Waals surface area (Å²) in [6.07, 6.45) is 42.9. The minimum absolute atomic E-state index is 0.154. The highest BCUT2D eigenvalue weighted by atomic mass is 16.3. The summed E-state index contributed by atoms with van der Waals surface area (Å²) >= 11 is 0. The van der Waals surface area contributed by atoms with Crippen molar-refractivity contribution in [3.63, 3.8) is 0 Å². The van der Waals surface area contributed by atoms with E-state index in [0.717, 1.165) is 51.4 Å². The van der Waals surface area contributed by atoms with Crippen LogP contribution >= 0.6 is 0 Å². The highest BCUT2D eigenvalue weighted by Crippen LogP contribution is 2.15. The van der Waals surface area contributed by atoms with Gasteiger partial charge in [-0.05, 0) is 44.9 Å². The molecule has 0 saturated carbocycles. The lowest BCUT2D eigenvalue weighted by atomic mass is 9.99. The summed E-state index contributed by atoms with van der Waals surface area (Å²) in [4.78, 5) is 12.4. The van der Waals surface area contributed by atoms with Crippen LogP contribution in [0.3, 0.4) is 0 Å². The fourth-order valence-corrected chi connectivity index (χ4v) is 6.13. The predicted molar refractivity (Wildman–Crippen MR) is 199 cm³/mol. The van der Waals surface area contributed by atoms with E-state index < -0.39 is 18.2 Å². The molecule has 5 heteroatoms. The Morgan fingerprint density at radius 3 is 1.37 bits per heavy atom. The summed E-state index contributed by atoms with van der Waals surface area (Å²) in [7, 11) is 0. The Morgan fingerprint density at radius 1 is 0.543 bits per heavy atom. The first kappa shape index (κ1) is 44.8. The number of carbonyl (C=O) groups excluding carboxylic acids is 1. The molecule has 0 rings (SSSR count). The molecule has 0 fully saturated rings.